The summed E-state index contributed by atoms with van der Waals surface area (Å²) in [6.07, 6.45) is 1.42. The molecular formula is C11H15BrOZn. The molecule has 0 amide bonds. The Morgan fingerprint density at radius 2 is 2.29 bits per heavy atom. The molecule has 0 saturated heterocycles. The Kier molecular flexibility index (Phi) is 10.0. The molecule has 0 aliphatic rings. The predicted octanol–water partition coefficient (Wildman–Crippen LogP) is 3.64. The van der Waals surface area contributed by atoms with Gasteiger partial charge in [-0.15, -0.1) is 5.56 Å². The fraction of sp³-hybridized carbons (Fsp3) is 0.455. The molecule has 0 saturated carbocycles. The van der Waals surface area contributed by atoms with E-state index in [1.807, 2.05) is 18.2 Å². The van der Waals surface area contributed by atoms with Crippen molar-refractivity contribution in [3.8, 4) is 0 Å². The van der Waals surface area contributed by atoms with E-state index in [4.69, 9.17) is 4.74 Å². The van der Waals surface area contributed by atoms with Crippen LogP contribution in [-0.4, -0.2) is 6.10 Å². The fourth-order valence-corrected chi connectivity index (χ4v) is 0.877. The number of halogens is 1. The van der Waals surface area contributed by atoms with Crippen LogP contribution in [0.25, 0.3) is 0 Å². The molecule has 1 atom stereocenters. The van der Waals surface area contributed by atoms with Crippen LogP contribution < -0.4 is 0 Å². The van der Waals surface area contributed by atoms with E-state index < -0.39 is 0 Å². The van der Waals surface area contributed by atoms with Crippen molar-refractivity contribution >= 4 is 13.6 Å². The fourth-order valence-electron chi connectivity index (χ4n) is 0.877. The van der Waals surface area contributed by atoms with Crippen LogP contribution in [0.1, 0.15) is 25.8 Å². The van der Waals surface area contributed by atoms with Crippen LogP contribution in [0, 0.1) is 6.07 Å². The van der Waals surface area contributed by atoms with Crippen LogP contribution in [0.3, 0.4) is 0 Å². The Bertz CT molecular complexity index is 216. The number of hydrogen-bond donors (Lipinski definition) is 0. The van der Waals surface area contributed by atoms with Crippen molar-refractivity contribution in [3.05, 3.63) is 35.9 Å². The Labute approximate surface area is 103 Å². The zero-order valence-electron chi connectivity index (χ0n) is 8.79. The normalized spacial score (nSPS) is 11.5. The molecule has 0 fully saturated rings. The van der Waals surface area contributed by atoms with E-state index in [1.165, 1.54) is 21.9 Å². The summed E-state index contributed by atoms with van der Waals surface area (Å²) in [6, 6.07) is 10.9. The molecule has 0 spiro atoms. The van der Waals surface area contributed by atoms with Gasteiger partial charge in [0.15, 0.2) is 0 Å². The molecule has 0 bridgehead atoms. The first-order valence-corrected chi connectivity index (χ1v) is 11.6. The zero-order valence-corrected chi connectivity index (χ0v) is 13.3. The molecule has 1 aromatic carbocycles. The van der Waals surface area contributed by atoms with Crippen LogP contribution in [0.4, 0.5) is 0 Å². The van der Waals surface area contributed by atoms with Crippen molar-refractivity contribution in [2.75, 3.05) is 0 Å². The van der Waals surface area contributed by atoms with Crippen LogP contribution in [0.2, 0.25) is 0 Å². The summed E-state index contributed by atoms with van der Waals surface area (Å²) in [5.41, 5.74) is 1.19. The van der Waals surface area contributed by atoms with Gasteiger partial charge in [0.2, 0.25) is 0 Å². The van der Waals surface area contributed by atoms with E-state index >= 15 is 0 Å². The van der Waals surface area contributed by atoms with E-state index in [2.05, 4.69) is 39.6 Å². The van der Waals surface area contributed by atoms with Crippen LogP contribution in [-0.2, 0) is 27.7 Å². The van der Waals surface area contributed by atoms with Gasteiger partial charge in [-0.05, 0) is 13.3 Å². The molecule has 0 aliphatic carbocycles. The van der Waals surface area contributed by atoms with Crippen molar-refractivity contribution in [2.45, 2.75) is 33.0 Å². The predicted molar refractivity (Wildman–Crippen MR) is 58.7 cm³/mol. The monoisotopic (exact) mass is 306 g/mol. The molecule has 0 N–H and O–H groups in total. The molecule has 0 aliphatic heterocycles. The van der Waals surface area contributed by atoms with Gasteiger partial charge in [-0.25, -0.2) is 0 Å². The van der Waals surface area contributed by atoms with Gasteiger partial charge in [-0.2, -0.15) is 30.3 Å². The summed E-state index contributed by atoms with van der Waals surface area (Å²) in [7, 11) is 0. The average Bonchev–Trinajstić information content (AvgIpc) is 2.30. The summed E-state index contributed by atoms with van der Waals surface area (Å²) in [4.78, 5) is 0. The van der Waals surface area contributed by atoms with E-state index in [9.17, 15) is 0 Å². The van der Waals surface area contributed by atoms with Crippen molar-refractivity contribution in [2.24, 2.45) is 0 Å². The molecule has 1 unspecified atom stereocenters. The zero-order chi connectivity index (χ0) is 10.8. The quantitative estimate of drug-likeness (QED) is 0.609. The van der Waals surface area contributed by atoms with Crippen molar-refractivity contribution < 1.29 is 21.1 Å². The number of benzene rings is 1. The van der Waals surface area contributed by atoms with Gasteiger partial charge in [0.05, 0.1) is 6.10 Å². The third-order valence-corrected chi connectivity index (χ3v) is 1.88. The van der Waals surface area contributed by atoms with E-state index in [-0.39, 0.29) is 0 Å². The number of ether oxygens (including phenoxy) is 1. The molecular weight excluding hydrogens is 293 g/mol. The summed E-state index contributed by atoms with van der Waals surface area (Å²) in [5, 5.41) is 0. The molecule has 0 heterocycles. The first-order chi connectivity index (χ1) is 6.83. The summed E-state index contributed by atoms with van der Waals surface area (Å²) in [6.45, 7) is 4.92. The van der Waals surface area contributed by atoms with Gasteiger partial charge in [-0.3, -0.25) is 0 Å². The Morgan fingerprint density at radius 3 is 2.79 bits per heavy atom. The van der Waals surface area contributed by atoms with Gasteiger partial charge in [-0.1, -0.05) is 6.92 Å². The standard InChI is InChI=1S/C11H15O.BrH.Zn/c1-3-10(2)12-9-11-7-5-4-6-8-11;;/h4-5,7-8,10H,3,9H2,1-2H3;1H;/q-1;;+2/p-1. The topological polar surface area (TPSA) is 9.23 Å². The SMILES string of the molecule is CCC(C)OCc1c[c-]ccc1.[Zn+][Br]. The average molecular weight is 309 g/mol. The molecule has 0 aromatic heterocycles. The van der Waals surface area contributed by atoms with Crippen molar-refractivity contribution in [3.63, 3.8) is 0 Å². The Hall–Kier alpha value is 0.283. The van der Waals surface area contributed by atoms with E-state index in [0.717, 1.165) is 6.42 Å². The summed E-state index contributed by atoms with van der Waals surface area (Å²) in [5.74, 6) is 0. The second-order valence-electron chi connectivity index (χ2n) is 2.94. The third kappa shape index (κ3) is 6.70. The van der Waals surface area contributed by atoms with Crippen LogP contribution >= 0.6 is 13.6 Å². The maximum atomic E-state index is 5.56. The first kappa shape index (κ1) is 14.3. The molecule has 0 radical (unpaired) electrons. The minimum absolute atomic E-state index is 0.352. The van der Waals surface area contributed by atoms with Crippen molar-refractivity contribution in [1.29, 1.82) is 0 Å². The number of rotatable bonds is 4. The van der Waals surface area contributed by atoms with E-state index in [0.29, 0.717) is 12.7 Å². The second kappa shape index (κ2) is 9.82. The number of hydrogen-bond acceptors (Lipinski definition) is 1. The Balaban J connectivity index is 0.000000791. The third-order valence-electron chi connectivity index (χ3n) is 1.88. The van der Waals surface area contributed by atoms with Gasteiger partial charge < -0.3 is 4.74 Å². The van der Waals surface area contributed by atoms with Crippen LogP contribution in [0.5, 0.6) is 0 Å². The van der Waals surface area contributed by atoms with Gasteiger partial charge in [0.25, 0.3) is 0 Å². The molecule has 3 heteroatoms. The second-order valence-corrected chi connectivity index (χ2v) is 2.94. The molecule has 74 valence electrons. The summed E-state index contributed by atoms with van der Waals surface area (Å²) < 4.78 is 5.56. The molecule has 1 rings (SSSR count). The van der Waals surface area contributed by atoms with Gasteiger partial charge >= 0.3 is 30.0 Å². The minimum atomic E-state index is 0.352. The first-order valence-electron chi connectivity index (χ1n) is 4.66. The summed E-state index contributed by atoms with van der Waals surface area (Å²) >= 11 is 4.25. The molecule has 1 aromatic rings. The van der Waals surface area contributed by atoms with Gasteiger partial charge in [0.1, 0.15) is 0 Å². The molecule has 1 nitrogen and oxygen atoms in total. The van der Waals surface area contributed by atoms with Gasteiger partial charge in [0, 0.05) is 6.61 Å². The van der Waals surface area contributed by atoms with Crippen molar-refractivity contribution in [1.82, 2.24) is 0 Å². The molecule has 14 heavy (non-hydrogen) atoms. The Morgan fingerprint density at radius 1 is 1.57 bits per heavy atom. The van der Waals surface area contributed by atoms with Crippen LogP contribution in [0.15, 0.2) is 24.3 Å². The van der Waals surface area contributed by atoms with E-state index in [1.54, 1.807) is 0 Å². The maximum absolute atomic E-state index is 5.56.